The van der Waals surface area contributed by atoms with E-state index in [0.717, 1.165) is 24.1 Å². The molecule has 2 atom stereocenters. The van der Waals surface area contributed by atoms with Crippen molar-refractivity contribution in [2.75, 3.05) is 0 Å². The summed E-state index contributed by atoms with van der Waals surface area (Å²) < 4.78 is 14.5. The number of benzene rings is 1. The molecule has 2 heterocycles. The first-order valence-electron chi connectivity index (χ1n) is 8.54. The van der Waals surface area contributed by atoms with Crippen molar-refractivity contribution in [3.05, 3.63) is 77.1 Å². The molecule has 2 N–H and O–H groups in total. The molecule has 0 aliphatic carbocycles. The number of pyridine rings is 1. The molecular formula is C20H22FN3O. The fourth-order valence-corrected chi connectivity index (χ4v) is 2.96. The van der Waals surface area contributed by atoms with Crippen LogP contribution in [-0.4, -0.2) is 16.8 Å². The van der Waals surface area contributed by atoms with E-state index in [1.807, 2.05) is 13.1 Å². The van der Waals surface area contributed by atoms with E-state index in [9.17, 15) is 9.18 Å². The number of hydrogen-bond donors (Lipinski definition) is 2. The van der Waals surface area contributed by atoms with Gasteiger partial charge < -0.3 is 10.6 Å². The molecule has 2 unspecified atom stereocenters. The topological polar surface area (TPSA) is 54.0 Å². The van der Waals surface area contributed by atoms with Gasteiger partial charge in [0.05, 0.1) is 5.56 Å². The molecule has 0 fully saturated rings. The fourth-order valence-electron chi connectivity index (χ4n) is 2.96. The van der Waals surface area contributed by atoms with E-state index in [1.165, 1.54) is 12.3 Å². The summed E-state index contributed by atoms with van der Waals surface area (Å²) in [6.07, 6.45) is 7.03. The minimum Gasteiger partial charge on any atom is -0.386 e. The van der Waals surface area contributed by atoms with Crippen LogP contribution in [0.3, 0.4) is 0 Å². The Labute approximate surface area is 147 Å². The lowest BCUT2D eigenvalue weighted by atomic mass is 10.00. The summed E-state index contributed by atoms with van der Waals surface area (Å²) in [6, 6.07) is 8.50. The lowest BCUT2D eigenvalue weighted by Crippen LogP contribution is -2.20. The van der Waals surface area contributed by atoms with Crippen molar-refractivity contribution < 1.29 is 9.18 Å². The largest absolute Gasteiger partial charge is 0.386 e. The van der Waals surface area contributed by atoms with Crippen LogP contribution >= 0.6 is 0 Å². The summed E-state index contributed by atoms with van der Waals surface area (Å²) in [7, 11) is 0. The minimum absolute atomic E-state index is 0.0410. The highest BCUT2D eigenvalue weighted by Crippen LogP contribution is 2.22. The number of nitrogens with zero attached hydrogens (tertiary/aromatic N) is 1. The second-order valence-electron chi connectivity index (χ2n) is 6.32. The summed E-state index contributed by atoms with van der Waals surface area (Å²) in [4.78, 5) is 16.3. The first kappa shape index (κ1) is 17.1. The number of rotatable bonds is 6. The highest BCUT2D eigenvalue weighted by Gasteiger charge is 2.19. The van der Waals surface area contributed by atoms with Gasteiger partial charge >= 0.3 is 0 Å². The molecule has 130 valence electrons. The van der Waals surface area contributed by atoms with Gasteiger partial charge in [0.25, 0.3) is 0 Å². The molecule has 3 rings (SSSR count). The number of ketones is 1. The highest BCUT2D eigenvalue weighted by molar-refractivity contribution is 6.08. The van der Waals surface area contributed by atoms with Crippen LogP contribution in [0.4, 0.5) is 4.39 Å². The molecule has 1 aliphatic rings. The average Bonchev–Trinajstić information content (AvgIpc) is 3.09. The molecule has 0 spiro atoms. The third kappa shape index (κ3) is 3.87. The third-order valence-corrected chi connectivity index (χ3v) is 4.52. The molecule has 0 amide bonds. The van der Waals surface area contributed by atoms with Crippen molar-refractivity contribution in [2.24, 2.45) is 0 Å². The Morgan fingerprint density at radius 2 is 2.28 bits per heavy atom. The predicted octanol–water partition coefficient (Wildman–Crippen LogP) is 3.72. The molecule has 25 heavy (non-hydrogen) atoms. The molecule has 0 radical (unpaired) electrons. The van der Waals surface area contributed by atoms with Crippen LogP contribution in [0.1, 0.15) is 54.2 Å². The smallest absolute Gasteiger partial charge is 0.197 e. The molecular weight excluding hydrogens is 317 g/mol. The van der Waals surface area contributed by atoms with Gasteiger partial charge in [-0.05, 0) is 43.2 Å². The van der Waals surface area contributed by atoms with Crippen LogP contribution in [0, 0.1) is 5.82 Å². The molecule has 1 aromatic heterocycles. The normalized spacial score (nSPS) is 17.6. The first-order valence-corrected chi connectivity index (χ1v) is 8.54. The van der Waals surface area contributed by atoms with E-state index >= 15 is 0 Å². The zero-order valence-electron chi connectivity index (χ0n) is 14.4. The Morgan fingerprint density at radius 1 is 1.44 bits per heavy atom. The Morgan fingerprint density at radius 3 is 2.92 bits per heavy atom. The van der Waals surface area contributed by atoms with Gasteiger partial charge in [0.15, 0.2) is 5.78 Å². The molecule has 0 saturated carbocycles. The van der Waals surface area contributed by atoms with Crippen molar-refractivity contribution in [1.29, 1.82) is 0 Å². The summed E-state index contributed by atoms with van der Waals surface area (Å²) in [5, 5.41) is 6.72. The van der Waals surface area contributed by atoms with E-state index < -0.39 is 5.82 Å². The predicted molar refractivity (Wildman–Crippen MR) is 95.5 cm³/mol. The Kier molecular flexibility index (Phi) is 5.12. The van der Waals surface area contributed by atoms with Crippen molar-refractivity contribution in [3.8, 4) is 0 Å². The van der Waals surface area contributed by atoms with Gasteiger partial charge in [-0.3, -0.25) is 9.78 Å². The number of halogens is 1. The molecule has 1 aliphatic heterocycles. The van der Waals surface area contributed by atoms with E-state index in [1.54, 1.807) is 30.5 Å². The van der Waals surface area contributed by atoms with Gasteiger partial charge in [-0.1, -0.05) is 13.0 Å². The monoisotopic (exact) mass is 339 g/mol. The molecule has 0 bridgehead atoms. The van der Waals surface area contributed by atoms with Crippen molar-refractivity contribution in [2.45, 2.75) is 38.8 Å². The van der Waals surface area contributed by atoms with Gasteiger partial charge in [0.1, 0.15) is 5.82 Å². The zero-order chi connectivity index (χ0) is 17.8. The fraction of sp³-hybridized carbons (Fsp3) is 0.300. The number of aromatic nitrogens is 1. The van der Waals surface area contributed by atoms with E-state index in [-0.39, 0.29) is 17.4 Å². The maximum absolute atomic E-state index is 14.5. The van der Waals surface area contributed by atoms with Crippen LogP contribution in [-0.2, 0) is 0 Å². The van der Waals surface area contributed by atoms with Gasteiger partial charge in [-0.15, -0.1) is 0 Å². The van der Waals surface area contributed by atoms with E-state index in [4.69, 9.17) is 0 Å². The molecule has 4 nitrogen and oxygen atoms in total. The quantitative estimate of drug-likeness (QED) is 0.788. The number of nitrogens with one attached hydrogen (secondary N) is 2. The van der Waals surface area contributed by atoms with Crippen LogP contribution in [0.15, 0.2) is 54.6 Å². The van der Waals surface area contributed by atoms with Crippen molar-refractivity contribution in [3.63, 3.8) is 0 Å². The maximum Gasteiger partial charge on any atom is 0.197 e. The van der Waals surface area contributed by atoms with Crippen molar-refractivity contribution >= 4 is 5.78 Å². The van der Waals surface area contributed by atoms with Gasteiger partial charge in [0.2, 0.25) is 0 Å². The average molecular weight is 339 g/mol. The lowest BCUT2D eigenvalue weighted by molar-refractivity contribution is 0.103. The second-order valence-corrected chi connectivity index (χ2v) is 6.32. The SMILES string of the molecule is CCC1CC(NC(C)c2ccc(C(=O)c3cccnc3)c(F)c2)=CN1. The highest BCUT2D eigenvalue weighted by atomic mass is 19.1. The summed E-state index contributed by atoms with van der Waals surface area (Å²) in [5.41, 5.74) is 2.38. The van der Waals surface area contributed by atoms with Crippen LogP contribution < -0.4 is 10.6 Å². The summed E-state index contributed by atoms with van der Waals surface area (Å²) >= 11 is 0. The van der Waals surface area contributed by atoms with E-state index in [2.05, 4.69) is 22.5 Å². The zero-order valence-corrected chi connectivity index (χ0v) is 14.4. The van der Waals surface area contributed by atoms with E-state index in [0.29, 0.717) is 11.6 Å². The number of carbonyl (C=O) groups is 1. The minimum atomic E-state index is -0.509. The van der Waals surface area contributed by atoms with Crippen molar-refractivity contribution in [1.82, 2.24) is 15.6 Å². The number of carbonyl (C=O) groups excluding carboxylic acids is 1. The Balaban J connectivity index is 1.72. The Bertz CT molecular complexity index is 789. The maximum atomic E-state index is 14.5. The van der Waals surface area contributed by atoms with Gasteiger partial charge in [-0.2, -0.15) is 0 Å². The summed E-state index contributed by atoms with van der Waals surface area (Å²) in [5.74, 6) is -0.865. The second kappa shape index (κ2) is 7.47. The van der Waals surface area contributed by atoms with Crippen LogP contribution in [0.2, 0.25) is 0 Å². The van der Waals surface area contributed by atoms with Gasteiger partial charge in [-0.25, -0.2) is 4.39 Å². The van der Waals surface area contributed by atoms with Crippen LogP contribution in [0.5, 0.6) is 0 Å². The first-order chi connectivity index (χ1) is 12.1. The molecule has 2 aromatic rings. The molecule has 1 aromatic carbocycles. The molecule has 0 saturated heterocycles. The standard InChI is InChI=1S/C20H22FN3O/c1-3-16-10-17(12-23-16)24-13(2)14-6-7-18(19(21)9-14)20(25)15-5-4-8-22-11-15/h4-9,11-13,16,23-24H,3,10H2,1-2H3. The van der Waals surface area contributed by atoms with Gasteiger partial charge in [0, 0.05) is 48.4 Å². The summed E-state index contributed by atoms with van der Waals surface area (Å²) in [6.45, 7) is 4.13. The van der Waals surface area contributed by atoms with Crippen LogP contribution in [0.25, 0.3) is 0 Å². The third-order valence-electron chi connectivity index (χ3n) is 4.52. The number of hydrogen-bond acceptors (Lipinski definition) is 4. The Hall–Kier alpha value is -2.69. The lowest BCUT2D eigenvalue weighted by Gasteiger charge is -2.17. The molecule has 5 heteroatoms.